The molecule has 2 fully saturated rings. The van der Waals surface area contributed by atoms with Gasteiger partial charge in [-0.15, -0.1) is 0 Å². The van der Waals surface area contributed by atoms with E-state index in [1.807, 2.05) is 14.0 Å². The van der Waals surface area contributed by atoms with Crippen LogP contribution in [0.1, 0.15) is 52.4 Å². The van der Waals surface area contributed by atoms with E-state index in [9.17, 15) is 4.79 Å². The van der Waals surface area contributed by atoms with Gasteiger partial charge in [0.1, 0.15) is 5.54 Å². The zero-order valence-electron chi connectivity index (χ0n) is 13.3. The number of hydrogen-bond donors (Lipinski definition) is 1. The molecule has 1 aliphatic heterocycles. The molecule has 2 unspecified atom stereocenters. The Hall–Kier alpha value is -0.610. The van der Waals surface area contributed by atoms with Gasteiger partial charge in [-0.3, -0.25) is 4.79 Å². The summed E-state index contributed by atoms with van der Waals surface area (Å²) in [6.45, 7) is 7.07. The number of nitrogens with zero attached hydrogens (tertiary/aromatic N) is 1. The highest BCUT2D eigenvalue weighted by atomic mass is 16.5. The molecule has 1 N–H and O–H groups in total. The maximum atomic E-state index is 12.3. The highest BCUT2D eigenvalue weighted by molar-refractivity contribution is 5.81. The van der Waals surface area contributed by atoms with Gasteiger partial charge in [-0.05, 0) is 71.5 Å². The minimum atomic E-state index is -0.456. The number of rotatable bonds is 4. The molecule has 2 rings (SSSR count). The minimum absolute atomic E-state index is 0.0578. The first-order valence-corrected chi connectivity index (χ1v) is 8.21. The summed E-state index contributed by atoms with van der Waals surface area (Å²) in [5.74, 6) is 0.798. The van der Waals surface area contributed by atoms with Gasteiger partial charge in [0.25, 0.3) is 0 Å². The number of carbonyl (C=O) groups excluding carboxylic acids is 1. The largest absolute Gasteiger partial charge is 0.465 e. The van der Waals surface area contributed by atoms with Gasteiger partial charge >= 0.3 is 5.97 Å². The maximum absolute atomic E-state index is 12.3. The van der Waals surface area contributed by atoms with Crippen molar-refractivity contribution in [2.24, 2.45) is 5.92 Å². The number of piperidine rings is 1. The monoisotopic (exact) mass is 282 g/mol. The van der Waals surface area contributed by atoms with Crippen LogP contribution >= 0.6 is 0 Å². The van der Waals surface area contributed by atoms with Crippen LogP contribution in [0.4, 0.5) is 0 Å². The average molecular weight is 282 g/mol. The molecular weight excluding hydrogens is 252 g/mol. The zero-order valence-corrected chi connectivity index (χ0v) is 13.3. The fraction of sp³-hybridized carbons (Fsp3) is 0.938. The van der Waals surface area contributed by atoms with Gasteiger partial charge in [0.15, 0.2) is 0 Å². The average Bonchev–Trinajstić information content (AvgIpc) is 2.48. The van der Waals surface area contributed by atoms with E-state index in [-0.39, 0.29) is 5.97 Å². The molecule has 1 saturated carbocycles. The van der Waals surface area contributed by atoms with Crippen molar-refractivity contribution < 1.29 is 9.53 Å². The molecule has 1 saturated heterocycles. The lowest BCUT2D eigenvalue weighted by Gasteiger charge is -2.45. The van der Waals surface area contributed by atoms with Gasteiger partial charge in [-0.2, -0.15) is 0 Å². The quantitative estimate of drug-likeness (QED) is 0.803. The second kappa shape index (κ2) is 6.90. The highest BCUT2D eigenvalue weighted by Gasteiger charge is 2.44. The molecule has 2 aliphatic rings. The molecule has 4 heteroatoms. The van der Waals surface area contributed by atoms with E-state index in [4.69, 9.17) is 4.74 Å². The third-order valence-corrected chi connectivity index (χ3v) is 5.20. The fourth-order valence-corrected chi connectivity index (χ4v) is 3.73. The summed E-state index contributed by atoms with van der Waals surface area (Å²) in [6.07, 6.45) is 6.72. The van der Waals surface area contributed by atoms with Crippen molar-refractivity contribution in [3.05, 3.63) is 0 Å². The SMILES string of the molecule is CCOC(=O)C1(NC)CCCC(N2CCC(C)CC2)C1. The Morgan fingerprint density at radius 3 is 2.65 bits per heavy atom. The van der Waals surface area contributed by atoms with Crippen molar-refractivity contribution in [3.63, 3.8) is 0 Å². The topological polar surface area (TPSA) is 41.6 Å². The molecule has 2 atom stereocenters. The van der Waals surface area contributed by atoms with E-state index < -0.39 is 5.54 Å². The first kappa shape index (κ1) is 15.8. The smallest absolute Gasteiger partial charge is 0.326 e. The van der Waals surface area contributed by atoms with E-state index in [2.05, 4.69) is 17.1 Å². The van der Waals surface area contributed by atoms with Crippen LogP contribution in [0.25, 0.3) is 0 Å². The molecule has 20 heavy (non-hydrogen) atoms. The zero-order chi connectivity index (χ0) is 14.6. The van der Waals surface area contributed by atoms with Crippen LogP contribution in [0, 0.1) is 5.92 Å². The number of nitrogens with one attached hydrogen (secondary N) is 1. The Balaban J connectivity index is 2.00. The molecule has 116 valence electrons. The molecule has 0 aromatic carbocycles. The molecule has 0 spiro atoms. The van der Waals surface area contributed by atoms with E-state index in [1.54, 1.807) is 0 Å². The number of ether oxygens (including phenoxy) is 1. The molecular formula is C16H30N2O2. The van der Waals surface area contributed by atoms with E-state index in [0.717, 1.165) is 25.2 Å². The second-order valence-corrected chi connectivity index (χ2v) is 6.52. The summed E-state index contributed by atoms with van der Waals surface area (Å²) in [5, 5.41) is 3.28. The van der Waals surface area contributed by atoms with E-state index in [0.29, 0.717) is 12.6 Å². The molecule has 1 aliphatic carbocycles. The first-order chi connectivity index (χ1) is 9.61. The van der Waals surface area contributed by atoms with Crippen LogP contribution in [0.3, 0.4) is 0 Å². The first-order valence-electron chi connectivity index (χ1n) is 8.21. The molecule has 0 aromatic heterocycles. The van der Waals surface area contributed by atoms with Crippen LogP contribution in [-0.4, -0.2) is 49.2 Å². The predicted molar refractivity (Wildman–Crippen MR) is 80.7 cm³/mol. The highest BCUT2D eigenvalue weighted by Crippen LogP contribution is 2.34. The summed E-state index contributed by atoms with van der Waals surface area (Å²) in [4.78, 5) is 14.9. The van der Waals surface area contributed by atoms with Crippen LogP contribution in [0.5, 0.6) is 0 Å². The van der Waals surface area contributed by atoms with Gasteiger partial charge in [0.05, 0.1) is 6.61 Å². The fourth-order valence-electron chi connectivity index (χ4n) is 3.73. The Bertz CT molecular complexity index is 326. The van der Waals surface area contributed by atoms with Gasteiger partial charge in [0, 0.05) is 6.04 Å². The van der Waals surface area contributed by atoms with Crippen LogP contribution in [-0.2, 0) is 9.53 Å². The number of carbonyl (C=O) groups is 1. The van der Waals surface area contributed by atoms with Crippen molar-refractivity contribution >= 4 is 5.97 Å². The third kappa shape index (κ3) is 3.34. The number of likely N-dealkylation sites (tertiary alicyclic amines) is 1. The van der Waals surface area contributed by atoms with Crippen molar-refractivity contribution in [2.75, 3.05) is 26.7 Å². The standard InChI is InChI=1S/C16H30N2O2/c1-4-20-15(19)16(17-3)9-5-6-14(12-16)18-10-7-13(2)8-11-18/h13-14,17H,4-12H2,1-3H3. The number of hydrogen-bond acceptors (Lipinski definition) is 4. The minimum Gasteiger partial charge on any atom is -0.465 e. The second-order valence-electron chi connectivity index (χ2n) is 6.52. The number of esters is 1. The maximum Gasteiger partial charge on any atom is 0.326 e. The predicted octanol–water partition coefficient (Wildman–Crippen LogP) is 2.18. The molecule has 1 heterocycles. The van der Waals surface area contributed by atoms with Crippen molar-refractivity contribution in [1.29, 1.82) is 0 Å². The summed E-state index contributed by atoms with van der Waals surface area (Å²) in [6, 6.07) is 0.535. The van der Waals surface area contributed by atoms with Gasteiger partial charge in [0.2, 0.25) is 0 Å². The molecule has 0 radical (unpaired) electrons. The summed E-state index contributed by atoms with van der Waals surface area (Å²) in [7, 11) is 1.90. The summed E-state index contributed by atoms with van der Waals surface area (Å²) < 4.78 is 5.31. The van der Waals surface area contributed by atoms with Crippen LogP contribution in [0.15, 0.2) is 0 Å². The molecule has 4 nitrogen and oxygen atoms in total. The van der Waals surface area contributed by atoms with Crippen LogP contribution in [0.2, 0.25) is 0 Å². The Labute approximate surface area is 123 Å². The molecule has 0 aromatic rings. The summed E-state index contributed by atoms with van der Waals surface area (Å²) >= 11 is 0. The Kier molecular flexibility index (Phi) is 5.44. The number of likely N-dealkylation sites (N-methyl/N-ethyl adjacent to an activating group) is 1. The lowest BCUT2D eigenvalue weighted by atomic mass is 9.77. The van der Waals surface area contributed by atoms with Crippen molar-refractivity contribution in [2.45, 2.75) is 64.0 Å². The molecule has 0 amide bonds. The Morgan fingerprint density at radius 2 is 2.05 bits per heavy atom. The van der Waals surface area contributed by atoms with E-state index in [1.165, 1.54) is 32.4 Å². The van der Waals surface area contributed by atoms with Crippen molar-refractivity contribution in [1.82, 2.24) is 10.2 Å². The Morgan fingerprint density at radius 1 is 1.35 bits per heavy atom. The lowest BCUT2D eigenvalue weighted by Crippen LogP contribution is -2.58. The normalized spacial score (nSPS) is 33.0. The molecule has 0 bridgehead atoms. The van der Waals surface area contributed by atoms with Gasteiger partial charge in [-0.1, -0.05) is 6.92 Å². The van der Waals surface area contributed by atoms with E-state index >= 15 is 0 Å². The van der Waals surface area contributed by atoms with Gasteiger partial charge < -0.3 is 15.0 Å². The summed E-state index contributed by atoms with van der Waals surface area (Å²) in [5.41, 5.74) is -0.456. The van der Waals surface area contributed by atoms with Crippen molar-refractivity contribution in [3.8, 4) is 0 Å². The third-order valence-electron chi connectivity index (χ3n) is 5.20. The van der Waals surface area contributed by atoms with Crippen LogP contribution < -0.4 is 5.32 Å². The lowest BCUT2D eigenvalue weighted by molar-refractivity contribution is -0.153. The van der Waals surface area contributed by atoms with Gasteiger partial charge in [-0.25, -0.2) is 0 Å².